The Morgan fingerprint density at radius 2 is 2.19 bits per heavy atom. The minimum atomic E-state index is 0.520. The first-order valence-electron chi connectivity index (χ1n) is 5.34. The molecule has 0 aliphatic carbocycles. The van der Waals surface area contributed by atoms with E-state index in [0.717, 1.165) is 38.3 Å². The number of rotatable bonds is 2. The highest BCUT2D eigenvalue weighted by atomic mass is 32.1. The van der Waals surface area contributed by atoms with Gasteiger partial charge < -0.3 is 10.3 Å². The van der Waals surface area contributed by atoms with Gasteiger partial charge in [-0.25, -0.2) is 0 Å². The molecule has 1 aliphatic heterocycles. The normalized spacial score (nSPS) is 16.9. The summed E-state index contributed by atoms with van der Waals surface area (Å²) < 4.78 is 0.520. The lowest BCUT2D eigenvalue weighted by Crippen LogP contribution is -2.42. The molecule has 16 heavy (non-hydrogen) atoms. The molecule has 1 aliphatic rings. The highest BCUT2D eigenvalue weighted by molar-refractivity contribution is 7.71. The van der Waals surface area contributed by atoms with Gasteiger partial charge in [0.1, 0.15) is 10.7 Å². The zero-order valence-corrected chi connectivity index (χ0v) is 9.81. The van der Waals surface area contributed by atoms with Crippen molar-refractivity contribution in [2.24, 2.45) is 0 Å². The number of aromatic nitrogens is 1. The summed E-state index contributed by atoms with van der Waals surface area (Å²) in [5.41, 5.74) is 1.68. The van der Waals surface area contributed by atoms with Gasteiger partial charge in [0, 0.05) is 38.9 Å². The van der Waals surface area contributed by atoms with Crippen LogP contribution in [0.3, 0.4) is 0 Å². The molecule has 1 aromatic rings. The number of nitrogens with zero attached hydrogens (tertiary/aromatic N) is 2. The van der Waals surface area contributed by atoms with Crippen molar-refractivity contribution in [3.63, 3.8) is 0 Å². The molecular formula is C11H14N4S. The predicted molar refractivity (Wildman–Crippen MR) is 64.5 cm³/mol. The van der Waals surface area contributed by atoms with Gasteiger partial charge in [0.15, 0.2) is 0 Å². The fraction of sp³-hybridized carbons (Fsp3) is 0.455. The average molecular weight is 234 g/mol. The van der Waals surface area contributed by atoms with Crippen LogP contribution in [0.25, 0.3) is 0 Å². The molecule has 2 heterocycles. The lowest BCUT2D eigenvalue weighted by molar-refractivity contribution is 0.233. The van der Waals surface area contributed by atoms with E-state index in [4.69, 9.17) is 17.5 Å². The van der Waals surface area contributed by atoms with Crippen molar-refractivity contribution < 1.29 is 0 Å². The molecule has 0 aromatic carbocycles. The van der Waals surface area contributed by atoms with Crippen LogP contribution in [0.4, 0.5) is 0 Å². The zero-order valence-electron chi connectivity index (χ0n) is 8.99. The number of hydrogen-bond donors (Lipinski definition) is 2. The number of nitrogens with one attached hydrogen (secondary N) is 2. The Hall–Kier alpha value is -1.22. The van der Waals surface area contributed by atoms with Gasteiger partial charge in [-0.3, -0.25) is 4.90 Å². The summed E-state index contributed by atoms with van der Waals surface area (Å²) in [6.07, 6.45) is 1.89. The fourth-order valence-electron chi connectivity index (χ4n) is 1.83. The highest BCUT2D eigenvalue weighted by Gasteiger charge is 2.10. The molecule has 1 saturated heterocycles. The van der Waals surface area contributed by atoms with Crippen LogP contribution < -0.4 is 5.32 Å². The maximum atomic E-state index is 8.89. The van der Waals surface area contributed by atoms with E-state index in [1.54, 1.807) is 0 Å². The van der Waals surface area contributed by atoms with Gasteiger partial charge in [0.2, 0.25) is 0 Å². The summed E-state index contributed by atoms with van der Waals surface area (Å²) in [5.74, 6) is 0. The Morgan fingerprint density at radius 3 is 2.88 bits per heavy atom. The summed E-state index contributed by atoms with van der Waals surface area (Å²) >= 11 is 5.01. The number of H-pyrrole nitrogens is 1. The van der Waals surface area contributed by atoms with E-state index in [9.17, 15) is 0 Å². The first-order valence-corrected chi connectivity index (χ1v) is 5.75. The number of nitriles is 1. The second-order valence-corrected chi connectivity index (χ2v) is 4.30. The average Bonchev–Trinajstić information content (AvgIpc) is 2.33. The van der Waals surface area contributed by atoms with E-state index in [1.807, 2.05) is 12.3 Å². The monoisotopic (exact) mass is 234 g/mol. The molecule has 1 aromatic heterocycles. The molecule has 0 unspecified atom stereocenters. The van der Waals surface area contributed by atoms with Gasteiger partial charge in [-0.1, -0.05) is 12.2 Å². The molecule has 0 amide bonds. The predicted octanol–water partition coefficient (Wildman–Crippen LogP) is 1.02. The number of piperazine rings is 1. The number of pyridine rings is 1. The highest BCUT2D eigenvalue weighted by Crippen LogP contribution is 2.07. The van der Waals surface area contributed by atoms with Crippen LogP contribution in [-0.4, -0.2) is 36.1 Å². The Balaban J connectivity index is 2.09. The number of aromatic amines is 1. The summed E-state index contributed by atoms with van der Waals surface area (Å²) in [6, 6.07) is 3.98. The van der Waals surface area contributed by atoms with Crippen LogP contribution in [0.1, 0.15) is 11.1 Å². The zero-order chi connectivity index (χ0) is 11.4. The Kier molecular flexibility index (Phi) is 3.67. The Labute approximate surface area is 99.9 Å². The van der Waals surface area contributed by atoms with Crippen molar-refractivity contribution in [3.05, 3.63) is 28.0 Å². The molecule has 2 rings (SSSR count). The van der Waals surface area contributed by atoms with E-state index in [2.05, 4.69) is 21.3 Å². The Bertz CT molecular complexity index is 454. The lowest BCUT2D eigenvalue weighted by Gasteiger charge is -2.27. The maximum absolute atomic E-state index is 8.89. The molecule has 0 spiro atoms. The largest absolute Gasteiger partial charge is 0.351 e. The number of hydrogen-bond acceptors (Lipinski definition) is 4. The van der Waals surface area contributed by atoms with Crippen molar-refractivity contribution >= 4 is 12.2 Å². The molecule has 4 nitrogen and oxygen atoms in total. The minimum Gasteiger partial charge on any atom is -0.351 e. The van der Waals surface area contributed by atoms with Crippen LogP contribution in [0.15, 0.2) is 12.3 Å². The van der Waals surface area contributed by atoms with Gasteiger partial charge >= 0.3 is 0 Å². The van der Waals surface area contributed by atoms with Gasteiger partial charge in [-0.05, 0) is 11.6 Å². The van der Waals surface area contributed by atoms with E-state index in [0.29, 0.717) is 10.2 Å². The van der Waals surface area contributed by atoms with Crippen molar-refractivity contribution in [1.29, 1.82) is 5.26 Å². The molecule has 0 atom stereocenters. The van der Waals surface area contributed by atoms with Crippen LogP contribution >= 0.6 is 12.2 Å². The first kappa shape index (κ1) is 11.3. The van der Waals surface area contributed by atoms with Gasteiger partial charge in [-0.15, -0.1) is 0 Å². The summed E-state index contributed by atoms with van der Waals surface area (Å²) in [5, 5.41) is 12.2. The summed E-state index contributed by atoms with van der Waals surface area (Å²) in [7, 11) is 0. The van der Waals surface area contributed by atoms with E-state index in [1.165, 1.54) is 0 Å². The van der Waals surface area contributed by atoms with Crippen molar-refractivity contribution in [2.75, 3.05) is 26.2 Å². The molecule has 5 heteroatoms. The summed E-state index contributed by atoms with van der Waals surface area (Å²) in [6.45, 7) is 5.05. The maximum Gasteiger partial charge on any atom is 0.121 e. The van der Waals surface area contributed by atoms with Crippen LogP contribution in [-0.2, 0) is 6.54 Å². The smallest absolute Gasteiger partial charge is 0.121 e. The van der Waals surface area contributed by atoms with Crippen LogP contribution in [0.2, 0.25) is 0 Å². The minimum absolute atomic E-state index is 0.520. The molecule has 0 radical (unpaired) electrons. The van der Waals surface area contributed by atoms with Crippen molar-refractivity contribution in [2.45, 2.75) is 6.54 Å². The molecule has 1 fully saturated rings. The molecular weight excluding hydrogens is 220 g/mol. The van der Waals surface area contributed by atoms with Crippen LogP contribution in [0, 0.1) is 16.0 Å². The van der Waals surface area contributed by atoms with Gasteiger partial charge in [-0.2, -0.15) is 5.26 Å². The summed E-state index contributed by atoms with van der Waals surface area (Å²) in [4.78, 5) is 5.32. The standard InChI is InChI=1S/C11H14N4S/c12-6-10-5-9(7-14-11(10)16)8-15-3-1-13-2-4-15/h5,7,13H,1-4,8H2,(H,14,16). The molecule has 0 saturated carbocycles. The Morgan fingerprint density at radius 1 is 1.44 bits per heavy atom. The second kappa shape index (κ2) is 5.21. The molecule has 84 valence electrons. The quantitative estimate of drug-likeness (QED) is 0.750. The van der Waals surface area contributed by atoms with Gasteiger partial charge in [0.25, 0.3) is 0 Å². The van der Waals surface area contributed by atoms with E-state index in [-0.39, 0.29) is 0 Å². The van der Waals surface area contributed by atoms with Crippen molar-refractivity contribution in [1.82, 2.24) is 15.2 Å². The first-order chi connectivity index (χ1) is 7.79. The lowest BCUT2D eigenvalue weighted by atomic mass is 10.2. The third-order valence-electron chi connectivity index (χ3n) is 2.70. The third kappa shape index (κ3) is 2.67. The van der Waals surface area contributed by atoms with Crippen molar-refractivity contribution in [3.8, 4) is 6.07 Å². The molecule has 0 bridgehead atoms. The SMILES string of the molecule is N#Cc1cc(CN2CCNCC2)c[nH]c1=S. The van der Waals surface area contributed by atoms with E-state index < -0.39 is 0 Å². The second-order valence-electron chi connectivity index (χ2n) is 3.89. The molecule has 2 N–H and O–H groups in total. The van der Waals surface area contributed by atoms with E-state index >= 15 is 0 Å². The van der Waals surface area contributed by atoms with Gasteiger partial charge in [0.05, 0.1) is 5.56 Å². The van der Waals surface area contributed by atoms with Crippen LogP contribution in [0.5, 0.6) is 0 Å². The third-order valence-corrected chi connectivity index (χ3v) is 3.04. The topological polar surface area (TPSA) is 54.9 Å². The fourth-order valence-corrected chi connectivity index (χ4v) is 1.99.